The van der Waals surface area contributed by atoms with Gasteiger partial charge in [-0.1, -0.05) is 32.0 Å². The third-order valence-electron chi connectivity index (χ3n) is 3.17. The number of nitrogens with one attached hydrogen (secondary N) is 1. The van der Waals surface area contributed by atoms with Crippen molar-refractivity contribution < 1.29 is 12.8 Å². The van der Waals surface area contributed by atoms with E-state index < -0.39 is 9.84 Å². The fraction of sp³-hybridized carbons (Fsp3) is 0.467. The molecule has 0 aliphatic carbocycles. The van der Waals surface area contributed by atoms with Crippen LogP contribution in [-0.4, -0.2) is 26.5 Å². The van der Waals surface area contributed by atoms with E-state index in [0.717, 1.165) is 11.0 Å². The maximum atomic E-state index is 12.0. The molecule has 20 heavy (non-hydrogen) atoms. The number of furan rings is 1. The quantitative estimate of drug-likeness (QED) is 0.853. The zero-order valence-corrected chi connectivity index (χ0v) is 12.7. The summed E-state index contributed by atoms with van der Waals surface area (Å²) in [7, 11) is -3.06. The van der Waals surface area contributed by atoms with Crippen LogP contribution in [0.5, 0.6) is 0 Å². The Kier molecular flexibility index (Phi) is 4.83. The maximum absolute atomic E-state index is 12.0. The number of hydrogen-bond acceptors (Lipinski definition) is 4. The van der Waals surface area contributed by atoms with Crippen LogP contribution in [0, 0.1) is 0 Å². The van der Waals surface area contributed by atoms with E-state index >= 15 is 0 Å². The summed E-state index contributed by atoms with van der Waals surface area (Å²) in [5.74, 6) is 0.983. The van der Waals surface area contributed by atoms with Crippen LogP contribution in [0.25, 0.3) is 11.0 Å². The van der Waals surface area contributed by atoms with Crippen molar-refractivity contribution in [3.8, 4) is 0 Å². The first-order valence-electron chi connectivity index (χ1n) is 6.98. The summed E-state index contributed by atoms with van der Waals surface area (Å²) in [4.78, 5) is 0. The Balaban J connectivity index is 2.28. The molecular weight excluding hydrogens is 274 g/mol. The van der Waals surface area contributed by atoms with E-state index in [9.17, 15) is 8.42 Å². The molecule has 1 aromatic carbocycles. The highest BCUT2D eigenvalue weighted by atomic mass is 32.2. The van der Waals surface area contributed by atoms with Gasteiger partial charge in [0.25, 0.3) is 0 Å². The first-order chi connectivity index (χ1) is 9.55. The van der Waals surface area contributed by atoms with Gasteiger partial charge in [0.1, 0.15) is 11.3 Å². The number of fused-ring (bicyclic) bond motifs is 1. The molecule has 1 heterocycles. The molecule has 1 unspecified atom stereocenters. The van der Waals surface area contributed by atoms with Crippen molar-refractivity contribution in [2.45, 2.75) is 26.3 Å². The van der Waals surface area contributed by atoms with Gasteiger partial charge in [0, 0.05) is 11.1 Å². The van der Waals surface area contributed by atoms with Crippen LogP contribution in [0.4, 0.5) is 0 Å². The molecule has 1 aromatic heterocycles. The Morgan fingerprint density at radius 2 is 2.00 bits per heavy atom. The van der Waals surface area contributed by atoms with E-state index in [2.05, 4.69) is 5.32 Å². The van der Waals surface area contributed by atoms with Gasteiger partial charge in [0.2, 0.25) is 0 Å². The minimum atomic E-state index is -3.06. The molecule has 0 spiro atoms. The molecule has 0 amide bonds. The minimum Gasteiger partial charge on any atom is -0.459 e. The molecule has 1 atom stereocenters. The largest absolute Gasteiger partial charge is 0.459 e. The molecule has 0 bridgehead atoms. The number of benzene rings is 1. The van der Waals surface area contributed by atoms with Crippen molar-refractivity contribution in [3.63, 3.8) is 0 Å². The molecule has 0 aliphatic heterocycles. The Morgan fingerprint density at radius 1 is 1.25 bits per heavy atom. The van der Waals surface area contributed by atoms with Gasteiger partial charge in [-0.2, -0.15) is 0 Å². The van der Waals surface area contributed by atoms with E-state index in [1.807, 2.05) is 44.2 Å². The lowest BCUT2D eigenvalue weighted by atomic mass is 10.2. The topological polar surface area (TPSA) is 59.3 Å². The van der Waals surface area contributed by atoms with Crippen LogP contribution >= 0.6 is 0 Å². The number of sulfone groups is 1. The van der Waals surface area contributed by atoms with Gasteiger partial charge in [-0.25, -0.2) is 8.42 Å². The molecule has 1 N–H and O–H groups in total. The summed E-state index contributed by atoms with van der Waals surface area (Å²) < 4.78 is 29.8. The number of para-hydroxylation sites is 1. The number of hydrogen-bond donors (Lipinski definition) is 1. The summed E-state index contributed by atoms with van der Waals surface area (Å²) in [6, 6.07) is 9.34. The van der Waals surface area contributed by atoms with Crippen molar-refractivity contribution in [1.29, 1.82) is 0 Å². The van der Waals surface area contributed by atoms with Gasteiger partial charge < -0.3 is 9.73 Å². The second-order valence-corrected chi connectivity index (χ2v) is 7.14. The van der Waals surface area contributed by atoms with Crippen molar-refractivity contribution in [3.05, 3.63) is 36.1 Å². The molecule has 110 valence electrons. The van der Waals surface area contributed by atoms with Crippen molar-refractivity contribution >= 4 is 20.8 Å². The van der Waals surface area contributed by atoms with E-state index in [4.69, 9.17) is 4.42 Å². The third-order valence-corrected chi connectivity index (χ3v) is 5.05. The highest BCUT2D eigenvalue weighted by Crippen LogP contribution is 2.25. The molecule has 0 fully saturated rings. The lowest BCUT2D eigenvalue weighted by Crippen LogP contribution is -2.28. The molecule has 5 heteroatoms. The number of rotatable bonds is 7. The summed E-state index contributed by atoms with van der Waals surface area (Å²) in [5, 5.41) is 4.20. The fourth-order valence-corrected chi connectivity index (χ4v) is 3.89. The van der Waals surface area contributed by atoms with Gasteiger partial charge in [0.15, 0.2) is 9.84 Å². The molecule has 4 nitrogen and oxygen atoms in total. The van der Waals surface area contributed by atoms with Gasteiger partial charge in [0.05, 0.1) is 11.8 Å². The zero-order valence-electron chi connectivity index (χ0n) is 11.9. The maximum Gasteiger partial charge on any atom is 0.152 e. The standard InChI is InChI=1S/C15H21NO3S/c1-3-9-20(17,18)11-13(16-4-2)15-10-12-7-5-6-8-14(12)19-15/h5-8,10,13,16H,3-4,9,11H2,1-2H3. The average Bonchev–Trinajstić information content (AvgIpc) is 2.81. The van der Waals surface area contributed by atoms with E-state index in [1.54, 1.807) is 0 Å². The first-order valence-corrected chi connectivity index (χ1v) is 8.80. The molecular formula is C15H21NO3S. The lowest BCUT2D eigenvalue weighted by Gasteiger charge is -2.15. The summed E-state index contributed by atoms with van der Waals surface area (Å²) in [6.45, 7) is 4.53. The summed E-state index contributed by atoms with van der Waals surface area (Å²) in [5.41, 5.74) is 0.790. The predicted octanol–water partition coefficient (Wildman–Crippen LogP) is 2.91. The van der Waals surface area contributed by atoms with Crippen molar-refractivity contribution in [2.75, 3.05) is 18.1 Å². The van der Waals surface area contributed by atoms with Crippen LogP contribution in [0.1, 0.15) is 32.1 Å². The molecule has 0 aliphatic rings. The highest BCUT2D eigenvalue weighted by molar-refractivity contribution is 7.91. The van der Waals surface area contributed by atoms with Crippen LogP contribution in [0.2, 0.25) is 0 Å². The van der Waals surface area contributed by atoms with Crippen LogP contribution in [0.15, 0.2) is 34.7 Å². The van der Waals surface area contributed by atoms with E-state index in [1.165, 1.54) is 0 Å². The zero-order chi connectivity index (χ0) is 14.6. The average molecular weight is 295 g/mol. The lowest BCUT2D eigenvalue weighted by molar-refractivity contribution is 0.456. The second kappa shape index (κ2) is 6.41. The van der Waals surface area contributed by atoms with E-state index in [0.29, 0.717) is 18.7 Å². The molecule has 0 radical (unpaired) electrons. The highest BCUT2D eigenvalue weighted by Gasteiger charge is 2.22. The smallest absolute Gasteiger partial charge is 0.152 e. The monoisotopic (exact) mass is 295 g/mol. The van der Waals surface area contributed by atoms with E-state index in [-0.39, 0.29) is 17.5 Å². The Labute approximate surface area is 120 Å². The Hall–Kier alpha value is -1.33. The summed E-state index contributed by atoms with van der Waals surface area (Å²) >= 11 is 0. The fourth-order valence-electron chi connectivity index (χ4n) is 2.31. The first kappa shape index (κ1) is 15.1. The molecule has 0 saturated carbocycles. The normalized spacial score (nSPS) is 13.7. The summed E-state index contributed by atoms with van der Waals surface area (Å²) in [6.07, 6.45) is 0.640. The Morgan fingerprint density at radius 3 is 2.65 bits per heavy atom. The molecule has 0 saturated heterocycles. The van der Waals surface area contributed by atoms with Gasteiger partial charge in [-0.3, -0.25) is 0 Å². The van der Waals surface area contributed by atoms with Crippen LogP contribution in [0.3, 0.4) is 0 Å². The second-order valence-electron chi connectivity index (χ2n) is 4.91. The van der Waals surface area contributed by atoms with Gasteiger partial charge in [-0.05, 0) is 25.1 Å². The predicted molar refractivity (Wildman–Crippen MR) is 81.6 cm³/mol. The van der Waals surface area contributed by atoms with Gasteiger partial charge >= 0.3 is 0 Å². The van der Waals surface area contributed by atoms with Crippen molar-refractivity contribution in [2.24, 2.45) is 0 Å². The minimum absolute atomic E-state index is 0.0779. The molecule has 2 aromatic rings. The SMILES string of the molecule is CCCS(=O)(=O)CC(NCC)c1cc2ccccc2o1. The molecule has 2 rings (SSSR count). The third kappa shape index (κ3) is 3.61. The Bertz CT molecular complexity index is 628. The van der Waals surface area contributed by atoms with Crippen molar-refractivity contribution in [1.82, 2.24) is 5.32 Å². The van der Waals surface area contributed by atoms with Crippen LogP contribution < -0.4 is 5.32 Å². The van der Waals surface area contributed by atoms with Gasteiger partial charge in [-0.15, -0.1) is 0 Å². The van der Waals surface area contributed by atoms with Crippen LogP contribution in [-0.2, 0) is 9.84 Å².